The number of ether oxygens (including phenoxy) is 1. The molecule has 0 aliphatic heterocycles. The first-order chi connectivity index (χ1) is 15.1. The molecule has 3 aromatic heterocycles. The van der Waals surface area contributed by atoms with Gasteiger partial charge in [0.25, 0.3) is 0 Å². The van der Waals surface area contributed by atoms with Crippen LogP contribution in [0, 0.1) is 0 Å². The lowest BCUT2D eigenvalue weighted by Crippen LogP contribution is -2.19. The van der Waals surface area contributed by atoms with Crippen molar-refractivity contribution in [2.75, 3.05) is 25.6 Å². The highest BCUT2D eigenvalue weighted by Gasteiger charge is 2.07. The molecular weight excluding hydrogens is 415 g/mol. The highest BCUT2D eigenvalue weighted by Crippen LogP contribution is 2.28. The van der Waals surface area contributed by atoms with Gasteiger partial charge in [0.1, 0.15) is 36.0 Å². The second-order valence-corrected chi connectivity index (χ2v) is 7.85. The third-order valence-corrected chi connectivity index (χ3v) is 5.52. The number of aliphatic hydroxyl groups excluding tert-OH is 1. The number of fused-ring (bicyclic) bond motifs is 1. The van der Waals surface area contributed by atoms with E-state index in [1.807, 2.05) is 68.0 Å². The summed E-state index contributed by atoms with van der Waals surface area (Å²) in [4.78, 5) is 13.4. The molecule has 0 spiro atoms. The van der Waals surface area contributed by atoms with E-state index in [2.05, 4.69) is 20.3 Å². The van der Waals surface area contributed by atoms with E-state index in [-0.39, 0.29) is 6.61 Å². The Hall–Kier alpha value is -3.36. The Morgan fingerprint density at radius 1 is 1.10 bits per heavy atom. The van der Waals surface area contributed by atoms with Crippen LogP contribution in [0.2, 0.25) is 0 Å². The van der Waals surface area contributed by atoms with E-state index in [1.54, 1.807) is 6.07 Å². The number of alkyl halides is 1. The Labute approximate surface area is 183 Å². The average molecular weight is 437 g/mol. The van der Waals surface area contributed by atoms with E-state index < -0.39 is 12.8 Å². The van der Waals surface area contributed by atoms with Crippen LogP contribution in [0.15, 0.2) is 54.9 Å². The molecule has 0 aliphatic carbocycles. The van der Waals surface area contributed by atoms with Crippen molar-refractivity contribution in [1.82, 2.24) is 15.0 Å². The number of thiazole rings is 1. The van der Waals surface area contributed by atoms with Crippen LogP contribution < -0.4 is 10.1 Å². The Balaban J connectivity index is 1.44. The molecule has 0 fully saturated rings. The van der Waals surface area contributed by atoms with Gasteiger partial charge in [-0.05, 0) is 48.6 Å². The Morgan fingerprint density at radius 3 is 2.58 bits per heavy atom. The van der Waals surface area contributed by atoms with Crippen molar-refractivity contribution in [2.45, 2.75) is 6.10 Å². The Bertz CT molecular complexity index is 1180. The molecule has 31 heavy (non-hydrogen) atoms. The summed E-state index contributed by atoms with van der Waals surface area (Å²) < 4.78 is 18.7. The number of hydrogen-bond acceptors (Lipinski definition) is 7. The molecule has 0 saturated carbocycles. The number of hydrogen-bond donors (Lipinski definition) is 2. The molecule has 3 heterocycles. The third-order valence-electron chi connectivity index (χ3n) is 4.53. The zero-order valence-corrected chi connectivity index (χ0v) is 17.6. The van der Waals surface area contributed by atoms with Gasteiger partial charge in [-0.2, -0.15) is 0 Å². The van der Waals surface area contributed by atoms with Crippen LogP contribution in [0.25, 0.3) is 33.5 Å². The molecule has 8 heteroatoms. The Kier molecular flexibility index (Phi) is 6.49. The molecule has 1 atom stereocenters. The van der Waals surface area contributed by atoms with Crippen LogP contribution in [0.4, 0.5) is 10.2 Å². The molecule has 2 N–H and O–H groups in total. The van der Waals surface area contributed by atoms with Gasteiger partial charge in [0.05, 0.1) is 15.9 Å². The van der Waals surface area contributed by atoms with Crippen molar-refractivity contribution < 1.29 is 14.2 Å². The molecule has 6 nitrogen and oxygen atoms in total. The molecule has 0 unspecified atom stereocenters. The van der Waals surface area contributed by atoms with Crippen molar-refractivity contribution in [3.63, 3.8) is 0 Å². The second-order valence-electron chi connectivity index (χ2n) is 6.79. The zero-order valence-electron chi connectivity index (χ0n) is 16.8. The van der Waals surface area contributed by atoms with E-state index >= 15 is 0 Å². The van der Waals surface area contributed by atoms with Crippen LogP contribution >= 0.6 is 11.3 Å². The summed E-state index contributed by atoms with van der Waals surface area (Å²) in [6, 6.07) is 13.3. The number of pyridine rings is 2. The fraction of sp³-hybridized carbons (Fsp3) is 0.174. The summed E-state index contributed by atoms with van der Waals surface area (Å²) in [5.74, 6) is 1.40. The lowest BCUT2D eigenvalue weighted by Gasteiger charge is -2.08. The van der Waals surface area contributed by atoms with E-state index in [9.17, 15) is 9.50 Å². The Morgan fingerprint density at radius 2 is 1.90 bits per heavy atom. The minimum atomic E-state index is -1.11. The molecule has 0 amide bonds. The summed E-state index contributed by atoms with van der Waals surface area (Å²) in [5, 5.41) is 13.1. The minimum absolute atomic E-state index is 0.0784. The molecule has 0 bridgehead atoms. The summed E-state index contributed by atoms with van der Waals surface area (Å²) in [5.41, 5.74) is 3.68. The molecular formula is C23H21FN4O2S. The summed E-state index contributed by atoms with van der Waals surface area (Å²) in [6.07, 6.45) is 6.36. The lowest BCUT2D eigenvalue weighted by molar-refractivity contribution is 0.0842. The van der Waals surface area contributed by atoms with Gasteiger partial charge in [-0.3, -0.25) is 4.98 Å². The molecule has 0 saturated heterocycles. The number of nitrogens with zero attached hydrogens (tertiary/aromatic N) is 3. The van der Waals surface area contributed by atoms with Gasteiger partial charge in [0.15, 0.2) is 0 Å². The van der Waals surface area contributed by atoms with Crippen molar-refractivity contribution in [3.05, 3.63) is 65.6 Å². The van der Waals surface area contributed by atoms with Gasteiger partial charge in [0.2, 0.25) is 0 Å². The topological polar surface area (TPSA) is 80.2 Å². The maximum Gasteiger partial charge on any atom is 0.125 e. The largest absolute Gasteiger partial charge is 0.491 e. The predicted octanol–water partition coefficient (Wildman–Crippen LogP) is 4.67. The number of benzene rings is 1. The molecule has 4 aromatic rings. The number of aliphatic hydroxyl groups is 1. The summed E-state index contributed by atoms with van der Waals surface area (Å²) >= 11 is 1.52. The van der Waals surface area contributed by atoms with Gasteiger partial charge in [0, 0.05) is 30.6 Å². The molecule has 158 valence electrons. The van der Waals surface area contributed by atoms with E-state index in [1.165, 1.54) is 11.3 Å². The summed E-state index contributed by atoms with van der Waals surface area (Å²) in [7, 11) is 1.84. The molecule has 0 radical (unpaired) electrons. The summed E-state index contributed by atoms with van der Waals surface area (Å²) in [6.45, 7) is -0.906. The van der Waals surface area contributed by atoms with Crippen molar-refractivity contribution in [3.8, 4) is 16.9 Å². The second kappa shape index (κ2) is 9.63. The lowest BCUT2D eigenvalue weighted by atomic mass is 10.1. The number of nitrogens with one attached hydrogen (secondary N) is 1. The normalized spacial score (nSPS) is 12.4. The maximum absolute atomic E-state index is 12.4. The van der Waals surface area contributed by atoms with Crippen LogP contribution in [0.1, 0.15) is 10.7 Å². The monoisotopic (exact) mass is 436 g/mol. The first-order valence-electron chi connectivity index (χ1n) is 9.70. The number of aromatic nitrogens is 3. The van der Waals surface area contributed by atoms with Gasteiger partial charge >= 0.3 is 0 Å². The zero-order chi connectivity index (χ0) is 21.6. The minimum Gasteiger partial charge on any atom is -0.491 e. The van der Waals surface area contributed by atoms with Crippen LogP contribution in [-0.2, 0) is 0 Å². The SMILES string of the molecule is CNc1ccc(-c2ccc(/C=C/c3nc4ccc(OC[C@@H](O)CF)cc4s3)nc2)cn1. The van der Waals surface area contributed by atoms with E-state index in [0.717, 1.165) is 37.9 Å². The third kappa shape index (κ3) is 5.22. The highest BCUT2D eigenvalue weighted by molar-refractivity contribution is 7.19. The quantitative estimate of drug-likeness (QED) is 0.418. The van der Waals surface area contributed by atoms with Crippen molar-refractivity contribution >= 4 is 39.5 Å². The van der Waals surface area contributed by atoms with E-state index in [0.29, 0.717) is 5.75 Å². The first kappa shape index (κ1) is 20.9. The fourth-order valence-electron chi connectivity index (χ4n) is 2.86. The number of anilines is 1. The maximum atomic E-state index is 12.4. The number of rotatable bonds is 8. The average Bonchev–Trinajstić information content (AvgIpc) is 3.24. The molecule has 0 aliphatic rings. The first-order valence-corrected chi connectivity index (χ1v) is 10.5. The standard InChI is InChI=1S/C23H21FN4O2S/c1-25-22-8-3-16(13-27-22)15-2-4-17(26-12-15)5-9-23-28-20-7-6-19(10-21(20)31-23)30-14-18(29)11-24/h2-10,12-13,18,29H,11,14H2,1H3,(H,25,27)/b9-5+/t18-/m0/s1. The van der Waals surface area contributed by atoms with E-state index in [4.69, 9.17) is 4.74 Å². The molecule has 1 aromatic carbocycles. The van der Waals surface area contributed by atoms with Gasteiger partial charge in [-0.15, -0.1) is 11.3 Å². The van der Waals surface area contributed by atoms with Crippen molar-refractivity contribution in [1.29, 1.82) is 0 Å². The van der Waals surface area contributed by atoms with Gasteiger partial charge in [-0.1, -0.05) is 6.07 Å². The number of halogens is 1. The van der Waals surface area contributed by atoms with Gasteiger partial charge < -0.3 is 15.2 Å². The van der Waals surface area contributed by atoms with Crippen LogP contribution in [0.5, 0.6) is 5.75 Å². The van der Waals surface area contributed by atoms with Crippen molar-refractivity contribution in [2.24, 2.45) is 0 Å². The van der Waals surface area contributed by atoms with Crippen LogP contribution in [0.3, 0.4) is 0 Å². The fourth-order valence-corrected chi connectivity index (χ4v) is 3.76. The smallest absolute Gasteiger partial charge is 0.125 e. The van der Waals surface area contributed by atoms with Crippen LogP contribution in [-0.4, -0.2) is 46.5 Å². The molecule has 4 rings (SSSR count). The predicted molar refractivity (Wildman–Crippen MR) is 123 cm³/mol. The highest BCUT2D eigenvalue weighted by atomic mass is 32.1. The van der Waals surface area contributed by atoms with Gasteiger partial charge in [-0.25, -0.2) is 14.4 Å².